The summed E-state index contributed by atoms with van der Waals surface area (Å²) in [6.45, 7) is 1.78. The van der Waals surface area contributed by atoms with E-state index in [9.17, 15) is 9.59 Å². The summed E-state index contributed by atoms with van der Waals surface area (Å²) in [7, 11) is 0. The number of carbonyl (C=O) groups is 2. The van der Waals surface area contributed by atoms with Gasteiger partial charge < -0.3 is 15.2 Å². The molecule has 1 fully saturated rings. The third-order valence-electron chi connectivity index (χ3n) is 2.87. The predicted molar refractivity (Wildman–Crippen MR) is 64.0 cm³/mol. The zero-order valence-electron chi connectivity index (χ0n) is 10.00. The Bertz CT molecular complexity index is 446. The number of hydrogen-bond donors (Lipinski definition) is 2. The fourth-order valence-corrected chi connectivity index (χ4v) is 1.76. The first-order valence-electron chi connectivity index (χ1n) is 5.80. The van der Waals surface area contributed by atoms with Crippen LogP contribution >= 0.6 is 0 Å². The molecule has 0 bridgehead atoms. The molecule has 1 saturated heterocycles. The first kappa shape index (κ1) is 12.6. The molecule has 1 aliphatic heterocycles. The van der Waals surface area contributed by atoms with Gasteiger partial charge in [-0.05, 0) is 12.5 Å². The summed E-state index contributed by atoms with van der Waals surface area (Å²) in [4.78, 5) is 22.7. The fourth-order valence-electron chi connectivity index (χ4n) is 1.76. The lowest BCUT2D eigenvalue weighted by molar-refractivity contribution is -0.141. The van der Waals surface area contributed by atoms with Crippen molar-refractivity contribution in [3.63, 3.8) is 0 Å². The zero-order valence-corrected chi connectivity index (χ0v) is 10.00. The molecule has 5 nitrogen and oxygen atoms in total. The van der Waals surface area contributed by atoms with E-state index in [-0.39, 0.29) is 18.4 Å². The van der Waals surface area contributed by atoms with Crippen molar-refractivity contribution in [2.24, 2.45) is 0 Å². The van der Waals surface area contributed by atoms with E-state index in [1.165, 1.54) is 0 Å². The highest BCUT2D eigenvalue weighted by Gasteiger charge is 2.42. The SMILES string of the molecule is C[C@@H]1O[C@@H]1C(=O)N[C@H](Cc1ccccc1)C(=O)O. The van der Waals surface area contributed by atoms with Crippen LogP contribution in [0.2, 0.25) is 0 Å². The minimum Gasteiger partial charge on any atom is -0.480 e. The van der Waals surface area contributed by atoms with Crippen molar-refractivity contribution in [2.45, 2.75) is 31.6 Å². The number of rotatable bonds is 5. The maximum Gasteiger partial charge on any atom is 0.326 e. The van der Waals surface area contributed by atoms with Crippen LogP contribution in [0.25, 0.3) is 0 Å². The van der Waals surface area contributed by atoms with Crippen LogP contribution in [0, 0.1) is 0 Å². The number of hydrogen-bond acceptors (Lipinski definition) is 3. The maximum atomic E-state index is 11.6. The third kappa shape index (κ3) is 3.07. The number of aliphatic carboxylic acids is 1. The van der Waals surface area contributed by atoms with Gasteiger partial charge in [0.1, 0.15) is 6.04 Å². The molecule has 0 radical (unpaired) electrons. The average molecular weight is 249 g/mol. The van der Waals surface area contributed by atoms with Crippen LogP contribution in [0.3, 0.4) is 0 Å². The lowest BCUT2D eigenvalue weighted by Crippen LogP contribution is -2.44. The van der Waals surface area contributed by atoms with Crippen molar-refractivity contribution >= 4 is 11.9 Å². The molecule has 18 heavy (non-hydrogen) atoms. The lowest BCUT2D eigenvalue weighted by atomic mass is 10.1. The van der Waals surface area contributed by atoms with E-state index in [4.69, 9.17) is 9.84 Å². The molecule has 1 aromatic carbocycles. The summed E-state index contributed by atoms with van der Waals surface area (Å²) in [5.41, 5.74) is 0.870. The highest BCUT2D eigenvalue weighted by Crippen LogP contribution is 2.21. The van der Waals surface area contributed by atoms with Crippen LogP contribution in [-0.2, 0) is 20.7 Å². The monoisotopic (exact) mass is 249 g/mol. The highest BCUT2D eigenvalue weighted by atomic mass is 16.6. The number of amides is 1. The van der Waals surface area contributed by atoms with Gasteiger partial charge in [-0.2, -0.15) is 0 Å². The quantitative estimate of drug-likeness (QED) is 0.748. The molecule has 0 saturated carbocycles. The number of carbonyl (C=O) groups excluding carboxylic acids is 1. The Hall–Kier alpha value is -1.88. The van der Waals surface area contributed by atoms with Crippen molar-refractivity contribution in [1.82, 2.24) is 5.32 Å². The minimum atomic E-state index is -1.04. The van der Waals surface area contributed by atoms with Crippen LogP contribution in [0.4, 0.5) is 0 Å². The molecule has 1 heterocycles. The smallest absolute Gasteiger partial charge is 0.326 e. The van der Waals surface area contributed by atoms with Crippen molar-refractivity contribution in [1.29, 1.82) is 0 Å². The summed E-state index contributed by atoms with van der Waals surface area (Å²) >= 11 is 0. The Morgan fingerprint density at radius 1 is 1.39 bits per heavy atom. The molecule has 2 rings (SSSR count). The molecule has 96 valence electrons. The summed E-state index contributed by atoms with van der Waals surface area (Å²) in [5, 5.41) is 11.6. The molecule has 3 atom stereocenters. The first-order chi connectivity index (χ1) is 8.58. The highest BCUT2D eigenvalue weighted by molar-refractivity contribution is 5.88. The average Bonchev–Trinajstić information content (AvgIpc) is 3.07. The van der Waals surface area contributed by atoms with Gasteiger partial charge in [-0.3, -0.25) is 4.79 Å². The Labute approximate surface area is 105 Å². The zero-order chi connectivity index (χ0) is 13.1. The summed E-state index contributed by atoms with van der Waals surface area (Å²) in [5.74, 6) is -1.40. The largest absolute Gasteiger partial charge is 0.480 e. The van der Waals surface area contributed by atoms with Crippen molar-refractivity contribution in [3.8, 4) is 0 Å². The van der Waals surface area contributed by atoms with Crippen molar-refractivity contribution < 1.29 is 19.4 Å². The molecule has 1 aliphatic rings. The number of nitrogens with one attached hydrogen (secondary N) is 1. The third-order valence-corrected chi connectivity index (χ3v) is 2.87. The molecule has 2 N–H and O–H groups in total. The van der Waals surface area contributed by atoms with Gasteiger partial charge in [0.05, 0.1) is 6.10 Å². The standard InChI is InChI=1S/C13H15NO4/c1-8-11(18-8)12(15)14-10(13(16)17)7-9-5-3-2-4-6-9/h2-6,8,10-11H,7H2,1H3,(H,14,15)(H,16,17)/t8-,10+,11-/m0/s1. The molecule has 0 spiro atoms. The fraction of sp³-hybridized carbons (Fsp3) is 0.385. The molecule has 5 heteroatoms. The van der Waals surface area contributed by atoms with E-state index in [1.807, 2.05) is 30.3 Å². The second kappa shape index (κ2) is 5.18. The summed E-state index contributed by atoms with van der Waals surface area (Å²) in [6, 6.07) is 8.27. The normalized spacial score (nSPS) is 23.2. The Balaban J connectivity index is 1.96. The van der Waals surface area contributed by atoms with E-state index < -0.39 is 18.1 Å². The van der Waals surface area contributed by atoms with E-state index in [2.05, 4.69) is 5.32 Å². The van der Waals surface area contributed by atoms with Crippen LogP contribution in [0.5, 0.6) is 0 Å². The van der Waals surface area contributed by atoms with Crippen molar-refractivity contribution in [3.05, 3.63) is 35.9 Å². The van der Waals surface area contributed by atoms with Crippen molar-refractivity contribution in [2.75, 3.05) is 0 Å². The number of epoxide rings is 1. The Kier molecular flexibility index (Phi) is 3.62. The van der Waals surface area contributed by atoms with Crippen LogP contribution < -0.4 is 5.32 Å². The summed E-state index contributed by atoms with van der Waals surface area (Å²) < 4.78 is 5.00. The van der Waals surface area contributed by atoms with Crippen LogP contribution in [-0.4, -0.2) is 35.2 Å². The molecule has 0 aromatic heterocycles. The number of ether oxygens (including phenoxy) is 1. The molecular formula is C13H15NO4. The van der Waals surface area contributed by atoms with E-state index >= 15 is 0 Å². The molecular weight excluding hydrogens is 234 g/mol. The lowest BCUT2D eigenvalue weighted by Gasteiger charge is -2.13. The minimum absolute atomic E-state index is 0.115. The second-order valence-electron chi connectivity index (χ2n) is 4.35. The Morgan fingerprint density at radius 3 is 2.50 bits per heavy atom. The topological polar surface area (TPSA) is 78.9 Å². The van der Waals surface area contributed by atoms with Crippen LogP contribution in [0.1, 0.15) is 12.5 Å². The van der Waals surface area contributed by atoms with Gasteiger partial charge in [0.15, 0.2) is 6.10 Å². The number of carboxylic acid groups (broad SMARTS) is 1. The number of benzene rings is 1. The van der Waals surface area contributed by atoms with Gasteiger partial charge in [0, 0.05) is 6.42 Å². The molecule has 1 aromatic rings. The summed E-state index contributed by atoms with van der Waals surface area (Å²) in [6.07, 6.45) is -0.345. The number of carboxylic acids is 1. The van der Waals surface area contributed by atoms with Gasteiger partial charge in [0.2, 0.25) is 0 Å². The van der Waals surface area contributed by atoms with E-state index in [0.29, 0.717) is 0 Å². The maximum absolute atomic E-state index is 11.6. The molecule has 1 amide bonds. The van der Waals surface area contributed by atoms with Gasteiger partial charge in [-0.15, -0.1) is 0 Å². The van der Waals surface area contributed by atoms with Gasteiger partial charge in [0.25, 0.3) is 5.91 Å². The van der Waals surface area contributed by atoms with E-state index in [1.54, 1.807) is 6.92 Å². The first-order valence-corrected chi connectivity index (χ1v) is 5.80. The van der Waals surface area contributed by atoms with Gasteiger partial charge in [-0.1, -0.05) is 30.3 Å². The van der Waals surface area contributed by atoms with Gasteiger partial charge >= 0.3 is 5.97 Å². The second-order valence-corrected chi connectivity index (χ2v) is 4.35. The Morgan fingerprint density at radius 2 is 2.00 bits per heavy atom. The van der Waals surface area contributed by atoms with E-state index in [0.717, 1.165) is 5.56 Å². The van der Waals surface area contributed by atoms with Crippen LogP contribution in [0.15, 0.2) is 30.3 Å². The van der Waals surface area contributed by atoms with Gasteiger partial charge in [-0.25, -0.2) is 4.79 Å². The molecule has 0 aliphatic carbocycles. The molecule has 0 unspecified atom stereocenters. The predicted octanol–water partition coefficient (Wildman–Crippen LogP) is 0.586.